The first-order chi connectivity index (χ1) is 11.2. The van der Waals surface area contributed by atoms with Crippen LogP contribution in [0.15, 0.2) is 30.5 Å². The Morgan fingerprint density at radius 2 is 2.17 bits per heavy atom. The Balaban J connectivity index is 1.54. The third-order valence-corrected chi connectivity index (χ3v) is 3.68. The number of carbonyl (C=O) groups excluding carboxylic acids is 1. The number of rotatable bonds is 6. The lowest BCUT2D eigenvalue weighted by molar-refractivity contribution is 0.0942. The number of aromatic nitrogens is 5. The van der Waals surface area contributed by atoms with Gasteiger partial charge in [0.2, 0.25) is 0 Å². The molecule has 0 aliphatic heterocycles. The van der Waals surface area contributed by atoms with Crippen LogP contribution in [0.1, 0.15) is 35.4 Å². The van der Waals surface area contributed by atoms with Gasteiger partial charge in [-0.15, -0.1) is 10.2 Å². The van der Waals surface area contributed by atoms with Crippen LogP contribution in [0.3, 0.4) is 0 Å². The van der Waals surface area contributed by atoms with Crippen LogP contribution < -0.4 is 5.32 Å². The second-order valence-electron chi connectivity index (χ2n) is 5.39. The van der Waals surface area contributed by atoms with Crippen LogP contribution in [0, 0.1) is 6.92 Å². The highest BCUT2D eigenvalue weighted by Crippen LogP contribution is 2.06. The van der Waals surface area contributed by atoms with E-state index in [0.29, 0.717) is 18.8 Å². The highest BCUT2D eigenvalue weighted by Gasteiger charge is 2.12. The quantitative estimate of drug-likeness (QED) is 0.702. The summed E-state index contributed by atoms with van der Waals surface area (Å²) in [6.07, 6.45) is 3.52. The Morgan fingerprint density at radius 3 is 3.00 bits per heavy atom. The molecule has 0 aliphatic carbocycles. The van der Waals surface area contributed by atoms with E-state index in [1.807, 2.05) is 48.7 Å². The molecule has 1 amide bonds. The zero-order valence-corrected chi connectivity index (χ0v) is 13.4. The van der Waals surface area contributed by atoms with Gasteiger partial charge in [0.1, 0.15) is 11.5 Å². The van der Waals surface area contributed by atoms with Crippen LogP contribution in [0.2, 0.25) is 0 Å². The third kappa shape index (κ3) is 3.23. The molecule has 3 aromatic rings. The monoisotopic (exact) mass is 312 g/mol. The molecule has 0 aromatic carbocycles. The first-order valence-corrected chi connectivity index (χ1v) is 7.80. The average molecular weight is 312 g/mol. The maximum atomic E-state index is 12.2. The molecular formula is C16H20N6O. The van der Waals surface area contributed by atoms with Crippen LogP contribution in [0.4, 0.5) is 0 Å². The number of hydrogen-bond donors (Lipinski definition) is 1. The molecule has 0 atom stereocenters. The molecule has 0 unspecified atom stereocenters. The zero-order chi connectivity index (χ0) is 16.2. The third-order valence-electron chi connectivity index (χ3n) is 3.68. The lowest BCUT2D eigenvalue weighted by Gasteiger charge is -2.06. The Bertz CT molecular complexity index is 819. The summed E-state index contributed by atoms with van der Waals surface area (Å²) in [5, 5.41) is 15.5. The van der Waals surface area contributed by atoms with Crippen molar-refractivity contribution in [3.05, 3.63) is 47.7 Å². The largest absolute Gasteiger partial charge is 0.351 e. The summed E-state index contributed by atoms with van der Waals surface area (Å²) >= 11 is 0. The van der Waals surface area contributed by atoms with Crippen molar-refractivity contribution in [1.29, 1.82) is 0 Å². The molecule has 3 rings (SSSR count). The first-order valence-electron chi connectivity index (χ1n) is 7.80. The van der Waals surface area contributed by atoms with Gasteiger partial charge in [0.15, 0.2) is 5.65 Å². The number of fused-ring (bicyclic) bond motifs is 1. The summed E-state index contributed by atoms with van der Waals surface area (Å²) in [7, 11) is 0. The summed E-state index contributed by atoms with van der Waals surface area (Å²) in [6.45, 7) is 5.13. The zero-order valence-electron chi connectivity index (χ0n) is 13.4. The second-order valence-corrected chi connectivity index (χ2v) is 5.39. The van der Waals surface area contributed by atoms with Crippen molar-refractivity contribution < 1.29 is 4.79 Å². The molecule has 1 N–H and O–H groups in total. The molecule has 0 spiro atoms. The Kier molecular flexibility index (Phi) is 4.36. The van der Waals surface area contributed by atoms with Crippen LogP contribution in [0.5, 0.6) is 0 Å². The summed E-state index contributed by atoms with van der Waals surface area (Å²) in [5.41, 5.74) is 2.30. The lowest BCUT2D eigenvalue weighted by atomic mass is 10.3. The predicted molar refractivity (Wildman–Crippen MR) is 86.3 cm³/mol. The molecule has 120 valence electrons. The summed E-state index contributed by atoms with van der Waals surface area (Å²) in [6, 6.07) is 7.63. The first kappa shape index (κ1) is 15.2. The second kappa shape index (κ2) is 6.60. The predicted octanol–water partition coefficient (Wildman–Crippen LogP) is 1.62. The molecule has 0 saturated carbocycles. The molecule has 3 heterocycles. The van der Waals surface area contributed by atoms with Gasteiger partial charge in [-0.25, -0.2) is 0 Å². The van der Waals surface area contributed by atoms with E-state index >= 15 is 0 Å². The number of hydrogen-bond acceptors (Lipinski definition) is 4. The van der Waals surface area contributed by atoms with Crippen molar-refractivity contribution in [1.82, 2.24) is 29.7 Å². The minimum Gasteiger partial charge on any atom is -0.351 e. The smallest absolute Gasteiger partial charge is 0.269 e. The number of amides is 1. The molecule has 7 heteroatoms. The van der Waals surface area contributed by atoms with Gasteiger partial charge < -0.3 is 5.32 Å². The van der Waals surface area contributed by atoms with Gasteiger partial charge in [-0.3, -0.25) is 13.9 Å². The van der Waals surface area contributed by atoms with E-state index in [2.05, 4.69) is 20.6 Å². The van der Waals surface area contributed by atoms with E-state index in [1.165, 1.54) is 0 Å². The normalized spacial score (nSPS) is 11.0. The van der Waals surface area contributed by atoms with Crippen molar-refractivity contribution in [2.45, 2.75) is 33.2 Å². The molecule has 3 aromatic heterocycles. The van der Waals surface area contributed by atoms with Gasteiger partial charge in [0.05, 0.1) is 5.69 Å². The van der Waals surface area contributed by atoms with Gasteiger partial charge in [-0.2, -0.15) is 5.10 Å². The molecule has 0 fully saturated rings. The van der Waals surface area contributed by atoms with E-state index in [-0.39, 0.29) is 5.91 Å². The lowest BCUT2D eigenvalue weighted by Crippen LogP contribution is -2.27. The fourth-order valence-corrected chi connectivity index (χ4v) is 2.57. The van der Waals surface area contributed by atoms with Crippen molar-refractivity contribution in [3.8, 4) is 0 Å². The van der Waals surface area contributed by atoms with E-state index in [0.717, 1.165) is 30.0 Å². The highest BCUT2D eigenvalue weighted by atomic mass is 16.2. The number of nitrogens with zero attached hydrogens (tertiary/aromatic N) is 5. The minimum atomic E-state index is -0.0847. The molecule has 0 aliphatic rings. The van der Waals surface area contributed by atoms with Gasteiger partial charge in [-0.05, 0) is 38.5 Å². The van der Waals surface area contributed by atoms with E-state index in [4.69, 9.17) is 0 Å². The average Bonchev–Trinajstić information content (AvgIpc) is 3.15. The number of aryl methyl sites for hydroxylation is 3. The Hall–Kier alpha value is -2.70. The fraction of sp³-hybridized carbons (Fsp3) is 0.375. The fourth-order valence-electron chi connectivity index (χ4n) is 2.57. The van der Waals surface area contributed by atoms with E-state index in [1.54, 1.807) is 4.68 Å². The summed E-state index contributed by atoms with van der Waals surface area (Å²) < 4.78 is 3.69. The highest BCUT2D eigenvalue weighted by molar-refractivity contribution is 5.92. The summed E-state index contributed by atoms with van der Waals surface area (Å²) in [5.74, 6) is 0.822. The Labute approximate surface area is 134 Å². The van der Waals surface area contributed by atoms with Gasteiger partial charge in [-0.1, -0.05) is 6.07 Å². The van der Waals surface area contributed by atoms with Crippen molar-refractivity contribution in [3.63, 3.8) is 0 Å². The molecule has 0 radical (unpaired) electrons. The van der Waals surface area contributed by atoms with Gasteiger partial charge in [0.25, 0.3) is 5.91 Å². The Morgan fingerprint density at radius 1 is 1.30 bits per heavy atom. The molecule has 7 nitrogen and oxygen atoms in total. The molecule has 0 saturated heterocycles. The van der Waals surface area contributed by atoms with Crippen LogP contribution in [-0.2, 0) is 13.0 Å². The van der Waals surface area contributed by atoms with Gasteiger partial charge >= 0.3 is 0 Å². The number of carbonyl (C=O) groups is 1. The van der Waals surface area contributed by atoms with Crippen molar-refractivity contribution in [2.75, 3.05) is 6.54 Å². The van der Waals surface area contributed by atoms with Crippen LogP contribution >= 0.6 is 0 Å². The standard InChI is InChI=1S/C16H20N6O/c1-3-22-13(11-12(2)20-22)16(23)17-9-6-8-15-19-18-14-7-4-5-10-21(14)15/h4-5,7,10-11H,3,6,8-9H2,1-2H3,(H,17,23). The number of nitrogens with one attached hydrogen (secondary N) is 1. The maximum absolute atomic E-state index is 12.2. The topological polar surface area (TPSA) is 77.1 Å². The molecular weight excluding hydrogens is 292 g/mol. The van der Waals surface area contributed by atoms with Crippen molar-refractivity contribution >= 4 is 11.6 Å². The molecule has 23 heavy (non-hydrogen) atoms. The molecule has 0 bridgehead atoms. The maximum Gasteiger partial charge on any atom is 0.269 e. The minimum absolute atomic E-state index is 0.0847. The number of pyridine rings is 1. The SMILES string of the molecule is CCn1nc(C)cc1C(=O)NCCCc1nnc2ccccn12. The van der Waals surface area contributed by atoms with Gasteiger partial charge in [0, 0.05) is 25.7 Å². The van der Waals surface area contributed by atoms with Crippen molar-refractivity contribution in [2.24, 2.45) is 0 Å². The van der Waals surface area contributed by atoms with Crippen LogP contribution in [0.25, 0.3) is 5.65 Å². The van der Waals surface area contributed by atoms with E-state index < -0.39 is 0 Å². The van der Waals surface area contributed by atoms with E-state index in [9.17, 15) is 4.79 Å². The van der Waals surface area contributed by atoms with Crippen LogP contribution in [-0.4, -0.2) is 36.8 Å². The summed E-state index contributed by atoms with van der Waals surface area (Å²) in [4.78, 5) is 12.2.